The molecule has 0 radical (unpaired) electrons. The Hall–Kier alpha value is -3.25. The van der Waals surface area contributed by atoms with Crippen LogP contribution in [-0.4, -0.2) is 40.8 Å². The molecule has 2 aromatic carbocycles. The first-order valence-electron chi connectivity index (χ1n) is 11.2. The minimum Gasteiger partial charge on any atom is -0.381 e. The van der Waals surface area contributed by atoms with Crippen molar-refractivity contribution in [3.63, 3.8) is 0 Å². The van der Waals surface area contributed by atoms with Gasteiger partial charge in [-0.2, -0.15) is 17.5 Å². The fraction of sp³-hybridized carbons (Fsp3) is 0.333. The number of nitrogens with two attached hydrogens (primary N) is 1. The molecular formula is C24H25F4N5O2S. The molecule has 3 aromatic rings. The van der Waals surface area contributed by atoms with Gasteiger partial charge in [0.2, 0.25) is 0 Å². The van der Waals surface area contributed by atoms with Gasteiger partial charge in [-0.05, 0) is 42.5 Å². The Kier molecular flexibility index (Phi) is 7.19. The van der Waals surface area contributed by atoms with Gasteiger partial charge in [0, 0.05) is 24.8 Å². The highest BCUT2D eigenvalue weighted by atomic mass is 32.2. The first-order valence-corrected chi connectivity index (χ1v) is 12.6. The molecular weight excluding hydrogens is 498 g/mol. The largest absolute Gasteiger partial charge is 0.511 e. The van der Waals surface area contributed by atoms with Crippen LogP contribution in [0.3, 0.4) is 0 Å². The highest BCUT2D eigenvalue weighted by Crippen LogP contribution is 2.37. The molecule has 0 spiro atoms. The van der Waals surface area contributed by atoms with Crippen LogP contribution in [0.15, 0.2) is 54.7 Å². The van der Waals surface area contributed by atoms with Crippen molar-refractivity contribution >= 4 is 21.5 Å². The third-order valence-corrected chi connectivity index (χ3v) is 7.80. The van der Waals surface area contributed by atoms with Crippen LogP contribution in [-0.2, 0) is 29.5 Å². The zero-order valence-corrected chi connectivity index (χ0v) is 20.2. The summed E-state index contributed by atoms with van der Waals surface area (Å²) in [5, 5.41) is 0. The van der Waals surface area contributed by atoms with Gasteiger partial charge in [0.25, 0.3) is 0 Å². The van der Waals surface area contributed by atoms with Crippen LogP contribution < -0.4 is 10.6 Å². The zero-order chi connectivity index (χ0) is 26.1. The quantitative estimate of drug-likeness (QED) is 0.488. The number of alkyl halides is 3. The summed E-state index contributed by atoms with van der Waals surface area (Å²) in [7, 11) is -5.60. The number of nitrogen functional groups attached to an aromatic ring is 1. The topological polar surface area (TPSA) is 92.4 Å². The number of aromatic nitrogens is 2. The monoisotopic (exact) mass is 523 g/mol. The Morgan fingerprint density at radius 2 is 1.83 bits per heavy atom. The smallest absolute Gasteiger partial charge is 0.381 e. The van der Waals surface area contributed by atoms with E-state index in [1.165, 1.54) is 0 Å². The predicted molar refractivity (Wildman–Crippen MR) is 128 cm³/mol. The van der Waals surface area contributed by atoms with Crippen LogP contribution in [0.1, 0.15) is 28.9 Å². The number of fused-ring (bicyclic) bond motifs is 1. The molecule has 0 amide bonds. The van der Waals surface area contributed by atoms with Crippen molar-refractivity contribution in [2.24, 2.45) is 0 Å². The number of benzene rings is 2. The van der Waals surface area contributed by atoms with Crippen molar-refractivity contribution in [3.8, 4) is 0 Å². The molecule has 0 saturated carbocycles. The van der Waals surface area contributed by atoms with E-state index in [9.17, 15) is 26.0 Å². The molecule has 1 atom stereocenters. The van der Waals surface area contributed by atoms with Crippen molar-refractivity contribution in [2.45, 2.75) is 44.4 Å². The van der Waals surface area contributed by atoms with E-state index >= 15 is 0 Å². The number of rotatable bonds is 6. The standard InChI is InChI=1S/C24H25F4N5O2S/c1-16-6-5-9-21-19(16)14-32(36(34,35)24(26,27)28)13-18(11-10-17-7-3-2-4-8-17)33(21)15-22-30-12-20(25)23(29)31-22/h2-9,12,18H,10-11,13-15H2,1H3,(H2,29,30,31). The number of anilines is 2. The SMILES string of the molecule is Cc1cccc2c1CN(S(=O)(=O)C(F)(F)F)CC(CCc1ccccc1)N2Cc1ncc(F)c(N)n1. The molecule has 7 nitrogen and oxygen atoms in total. The Labute approximate surface area is 206 Å². The zero-order valence-electron chi connectivity index (χ0n) is 19.4. The molecule has 36 heavy (non-hydrogen) atoms. The number of hydrogen-bond acceptors (Lipinski definition) is 6. The lowest BCUT2D eigenvalue weighted by atomic mass is 10.0. The first kappa shape index (κ1) is 25.8. The lowest BCUT2D eigenvalue weighted by Crippen LogP contribution is -2.47. The second-order valence-electron chi connectivity index (χ2n) is 8.64. The summed E-state index contributed by atoms with van der Waals surface area (Å²) in [6, 6.07) is 13.9. The fourth-order valence-corrected chi connectivity index (χ4v) is 5.31. The van der Waals surface area contributed by atoms with Gasteiger partial charge in [0.05, 0.1) is 12.7 Å². The molecule has 1 aliphatic rings. The average molecular weight is 524 g/mol. The average Bonchev–Trinajstić information content (AvgIpc) is 2.98. The second kappa shape index (κ2) is 10.0. The summed E-state index contributed by atoms with van der Waals surface area (Å²) in [5.74, 6) is -0.964. The molecule has 1 aliphatic heterocycles. The van der Waals surface area contributed by atoms with Crippen molar-refractivity contribution in [1.29, 1.82) is 0 Å². The van der Waals surface area contributed by atoms with Gasteiger partial charge in [0.1, 0.15) is 5.82 Å². The van der Waals surface area contributed by atoms with Gasteiger partial charge >= 0.3 is 15.5 Å². The maximum atomic E-state index is 13.7. The maximum Gasteiger partial charge on any atom is 0.511 e. The van der Waals surface area contributed by atoms with Crippen molar-refractivity contribution < 1.29 is 26.0 Å². The molecule has 0 fully saturated rings. The Bertz CT molecular complexity index is 1340. The summed E-state index contributed by atoms with van der Waals surface area (Å²) in [5.41, 5.74) is 2.79. The molecule has 192 valence electrons. The van der Waals surface area contributed by atoms with E-state index in [1.54, 1.807) is 30.0 Å². The van der Waals surface area contributed by atoms with Crippen LogP contribution in [0.4, 0.5) is 29.1 Å². The molecule has 1 unspecified atom stereocenters. The third kappa shape index (κ3) is 5.29. The number of halogens is 4. The van der Waals surface area contributed by atoms with Crippen molar-refractivity contribution in [3.05, 3.63) is 83.1 Å². The first-order chi connectivity index (χ1) is 17.0. The molecule has 12 heteroatoms. The van der Waals surface area contributed by atoms with E-state index < -0.39 is 40.5 Å². The van der Waals surface area contributed by atoms with E-state index in [1.807, 2.05) is 30.3 Å². The van der Waals surface area contributed by atoms with Crippen molar-refractivity contribution in [2.75, 3.05) is 17.2 Å². The van der Waals surface area contributed by atoms with Crippen LogP contribution in [0, 0.1) is 12.7 Å². The summed E-state index contributed by atoms with van der Waals surface area (Å²) in [6.45, 7) is 0.875. The minimum atomic E-state index is -5.60. The van der Waals surface area contributed by atoms with E-state index in [0.29, 0.717) is 34.0 Å². The molecule has 2 N–H and O–H groups in total. The van der Waals surface area contributed by atoms with Gasteiger partial charge in [-0.25, -0.2) is 22.8 Å². The van der Waals surface area contributed by atoms with Gasteiger partial charge < -0.3 is 10.6 Å². The van der Waals surface area contributed by atoms with Gasteiger partial charge in [-0.3, -0.25) is 0 Å². The van der Waals surface area contributed by atoms with Crippen LogP contribution in [0.25, 0.3) is 0 Å². The number of sulfonamides is 1. The van der Waals surface area contributed by atoms with Gasteiger partial charge in [0.15, 0.2) is 11.6 Å². The van der Waals surface area contributed by atoms with Crippen LogP contribution >= 0.6 is 0 Å². The highest BCUT2D eigenvalue weighted by molar-refractivity contribution is 7.89. The van der Waals surface area contributed by atoms with Crippen molar-refractivity contribution in [1.82, 2.24) is 14.3 Å². The fourth-order valence-electron chi connectivity index (χ4n) is 4.35. The maximum absolute atomic E-state index is 13.7. The summed E-state index contributed by atoms with van der Waals surface area (Å²) >= 11 is 0. The summed E-state index contributed by atoms with van der Waals surface area (Å²) in [4.78, 5) is 9.79. The number of hydrogen-bond donors (Lipinski definition) is 1. The number of nitrogens with zero attached hydrogens (tertiary/aromatic N) is 4. The normalized spacial score (nSPS) is 17.0. The molecule has 0 saturated heterocycles. The van der Waals surface area contributed by atoms with Crippen LogP contribution in [0.5, 0.6) is 0 Å². The lowest BCUT2D eigenvalue weighted by Gasteiger charge is -2.34. The molecule has 2 heterocycles. The Balaban J connectivity index is 1.80. The Morgan fingerprint density at radius 3 is 2.50 bits per heavy atom. The van der Waals surface area contributed by atoms with Gasteiger partial charge in [-0.1, -0.05) is 42.5 Å². The molecule has 4 rings (SSSR count). The van der Waals surface area contributed by atoms with Gasteiger partial charge in [-0.15, -0.1) is 0 Å². The Morgan fingerprint density at radius 1 is 1.11 bits per heavy atom. The summed E-state index contributed by atoms with van der Waals surface area (Å²) < 4.78 is 80.1. The summed E-state index contributed by atoms with van der Waals surface area (Å²) in [6.07, 6.45) is 1.78. The van der Waals surface area contributed by atoms with E-state index in [0.717, 1.165) is 11.8 Å². The minimum absolute atomic E-state index is 0.000293. The third-order valence-electron chi connectivity index (χ3n) is 6.26. The van der Waals surface area contributed by atoms with E-state index in [-0.39, 0.29) is 18.2 Å². The van der Waals surface area contributed by atoms with E-state index in [4.69, 9.17) is 5.73 Å². The molecule has 0 aliphatic carbocycles. The second-order valence-corrected chi connectivity index (χ2v) is 10.6. The predicted octanol–water partition coefficient (Wildman–Crippen LogP) is 4.18. The highest BCUT2D eigenvalue weighted by Gasteiger charge is 2.51. The van der Waals surface area contributed by atoms with E-state index in [2.05, 4.69) is 9.97 Å². The lowest BCUT2D eigenvalue weighted by molar-refractivity contribution is -0.0492. The van der Waals surface area contributed by atoms with Crippen LogP contribution in [0.2, 0.25) is 0 Å². The molecule has 1 aromatic heterocycles. The number of aryl methyl sites for hydroxylation is 2. The molecule has 0 bridgehead atoms.